The van der Waals surface area contributed by atoms with Crippen LogP contribution in [0.2, 0.25) is 0 Å². The van der Waals surface area contributed by atoms with Crippen molar-refractivity contribution in [3.05, 3.63) is 12.5 Å². The number of aliphatic hydroxyl groups is 1. The van der Waals surface area contributed by atoms with Crippen molar-refractivity contribution >= 4 is 17.1 Å². The Morgan fingerprint density at radius 2 is 2.25 bits per heavy atom. The van der Waals surface area contributed by atoms with Crippen molar-refractivity contribution in [2.24, 2.45) is 5.92 Å². The van der Waals surface area contributed by atoms with Crippen molar-refractivity contribution in [2.75, 3.05) is 12.3 Å². The van der Waals surface area contributed by atoms with E-state index < -0.39 is 0 Å². The first-order valence-corrected chi connectivity index (χ1v) is 5.34. The fourth-order valence-corrected chi connectivity index (χ4v) is 2.18. The predicted molar refractivity (Wildman–Crippen MR) is 58.6 cm³/mol. The van der Waals surface area contributed by atoms with Gasteiger partial charge in [-0.3, -0.25) is 0 Å². The van der Waals surface area contributed by atoms with Gasteiger partial charge in [0, 0.05) is 12.6 Å². The second kappa shape index (κ2) is 3.41. The van der Waals surface area contributed by atoms with E-state index >= 15 is 0 Å². The van der Waals surface area contributed by atoms with Crippen LogP contribution in [0.1, 0.15) is 18.9 Å². The molecule has 2 aromatic heterocycles. The average molecular weight is 219 g/mol. The van der Waals surface area contributed by atoms with E-state index in [0.29, 0.717) is 12.0 Å². The Labute approximate surface area is 92.1 Å². The number of nitrogens with two attached hydrogens (primary N) is 1. The lowest BCUT2D eigenvalue weighted by Gasteiger charge is -2.34. The molecule has 0 bridgehead atoms. The smallest absolute Gasteiger partial charge is 0.222 e. The standard InChI is InChI=1S/C10H13N5O/c11-10-12-3-8-9(14-10)15(5-13-8)7-1-6(2-7)4-16/h3,5-7,16H,1-2,4H2,(H2,11,12,14). The molecule has 3 N–H and O–H groups in total. The Hall–Kier alpha value is -1.69. The Kier molecular flexibility index (Phi) is 2.03. The monoisotopic (exact) mass is 219 g/mol. The molecule has 6 nitrogen and oxygen atoms in total. The van der Waals surface area contributed by atoms with Gasteiger partial charge in [0.25, 0.3) is 0 Å². The number of nitrogens with zero attached hydrogens (tertiary/aromatic N) is 4. The topological polar surface area (TPSA) is 89.8 Å². The minimum Gasteiger partial charge on any atom is -0.396 e. The predicted octanol–water partition coefficient (Wildman–Crippen LogP) is 0.352. The molecular weight excluding hydrogens is 206 g/mol. The van der Waals surface area contributed by atoms with Crippen molar-refractivity contribution in [3.63, 3.8) is 0 Å². The van der Waals surface area contributed by atoms with Crippen LogP contribution in [0.25, 0.3) is 11.2 Å². The van der Waals surface area contributed by atoms with Crippen LogP contribution in [0.4, 0.5) is 5.95 Å². The molecule has 1 aliphatic carbocycles. The summed E-state index contributed by atoms with van der Waals surface area (Å²) in [6.07, 6.45) is 5.37. The third-order valence-corrected chi connectivity index (χ3v) is 3.20. The van der Waals surface area contributed by atoms with E-state index in [1.807, 2.05) is 4.57 Å². The van der Waals surface area contributed by atoms with Crippen LogP contribution >= 0.6 is 0 Å². The van der Waals surface area contributed by atoms with Gasteiger partial charge in [-0.1, -0.05) is 0 Å². The third-order valence-electron chi connectivity index (χ3n) is 3.20. The van der Waals surface area contributed by atoms with Gasteiger partial charge in [0.15, 0.2) is 5.65 Å². The molecule has 1 aliphatic rings. The first-order valence-electron chi connectivity index (χ1n) is 5.34. The van der Waals surface area contributed by atoms with E-state index in [2.05, 4.69) is 15.0 Å². The SMILES string of the molecule is Nc1ncc2ncn(C3CC(CO)C3)c2n1. The summed E-state index contributed by atoms with van der Waals surface area (Å²) < 4.78 is 2.03. The first kappa shape index (κ1) is 9.53. The number of fused-ring (bicyclic) bond motifs is 1. The van der Waals surface area contributed by atoms with Crippen molar-refractivity contribution in [2.45, 2.75) is 18.9 Å². The number of nitrogen functional groups attached to an aromatic ring is 1. The molecule has 2 aromatic rings. The third kappa shape index (κ3) is 1.34. The fraction of sp³-hybridized carbons (Fsp3) is 0.500. The minimum absolute atomic E-state index is 0.264. The van der Waals surface area contributed by atoms with Crippen LogP contribution in [0, 0.1) is 5.92 Å². The maximum absolute atomic E-state index is 8.99. The van der Waals surface area contributed by atoms with E-state index in [1.54, 1.807) is 12.5 Å². The Bertz CT molecular complexity index is 517. The number of aliphatic hydroxyl groups excluding tert-OH is 1. The van der Waals surface area contributed by atoms with Crippen molar-refractivity contribution in [3.8, 4) is 0 Å². The molecule has 84 valence electrons. The molecule has 3 rings (SSSR count). The van der Waals surface area contributed by atoms with Crippen molar-refractivity contribution < 1.29 is 5.11 Å². The molecule has 0 amide bonds. The van der Waals surface area contributed by atoms with E-state index in [4.69, 9.17) is 10.8 Å². The summed E-state index contributed by atoms with van der Waals surface area (Å²) >= 11 is 0. The lowest BCUT2D eigenvalue weighted by Crippen LogP contribution is -2.28. The van der Waals surface area contributed by atoms with E-state index in [1.165, 1.54) is 0 Å². The molecule has 0 atom stereocenters. The number of aromatic nitrogens is 4. The van der Waals surface area contributed by atoms with Gasteiger partial charge in [0.1, 0.15) is 5.52 Å². The zero-order valence-corrected chi connectivity index (χ0v) is 8.74. The minimum atomic E-state index is 0.264. The van der Waals surface area contributed by atoms with Crippen LogP contribution in [-0.2, 0) is 0 Å². The Morgan fingerprint density at radius 1 is 1.44 bits per heavy atom. The highest BCUT2D eigenvalue weighted by Crippen LogP contribution is 2.38. The summed E-state index contributed by atoms with van der Waals surface area (Å²) in [4.78, 5) is 12.3. The van der Waals surface area contributed by atoms with Gasteiger partial charge >= 0.3 is 0 Å². The van der Waals surface area contributed by atoms with Crippen LogP contribution in [0.5, 0.6) is 0 Å². The van der Waals surface area contributed by atoms with Gasteiger partial charge < -0.3 is 15.4 Å². The van der Waals surface area contributed by atoms with E-state index in [0.717, 1.165) is 24.0 Å². The molecule has 6 heteroatoms. The summed E-state index contributed by atoms with van der Waals surface area (Å²) in [7, 11) is 0. The van der Waals surface area contributed by atoms with E-state index in [9.17, 15) is 0 Å². The molecular formula is C10H13N5O. The highest BCUT2D eigenvalue weighted by atomic mass is 16.3. The van der Waals surface area contributed by atoms with Gasteiger partial charge in [-0.25, -0.2) is 9.97 Å². The van der Waals surface area contributed by atoms with Crippen LogP contribution in [0.3, 0.4) is 0 Å². The Morgan fingerprint density at radius 3 is 3.00 bits per heavy atom. The molecule has 1 saturated carbocycles. The molecule has 0 unspecified atom stereocenters. The summed E-state index contributed by atoms with van der Waals surface area (Å²) in [6.45, 7) is 0.264. The summed E-state index contributed by atoms with van der Waals surface area (Å²) in [6, 6.07) is 0.386. The van der Waals surface area contributed by atoms with Gasteiger partial charge in [-0.15, -0.1) is 0 Å². The van der Waals surface area contributed by atoms with Crippen molar-refractivity contribution in [1.82, 2.24) is 19.5 Å². The zero-order valence-electron chi connectivity index (χ0n) is 8.74. The molecule has 0 aliphatic heterocycles. The lowest BCUT2D eigenvalue weighted by atomic mass is 9.81. The highest BCUT2D eigenvalue weighted by Gasteiger charge is 2.30. The van der Waals surface area contributed by atoms with Gasteiger partial charge in [0.2, 0.25) is 5.95 Å². The molecule has 16 heavy (non-hydrogen) atoms. The summed E-state index contributed by atoms with van der Waals surface area (Å²) in [5.41, 5.74) is 7.11. The maximum Gasteiger partial charge on any atom is 0.222 e. The van der Waals surface area contributed by atoms with Crippen LogP contribution in [0.15, 0.2) is 12.5 Å². The number of rotatable bonds is 2. The van der Waals surface area contributed by atoms with Gasteiger partial charge in [-0.2, -0.15) is 4.98 Å². The largest absolute Gasteiger partial charge is 0.396 e. The average Bonchev–Trinajstić information content (AvgIpc) is 2.60. The summed E-state index contributed by atoms with van der Waals surface area (Å²) in [5.74, 6) is 0.689. The normalized spacial score (nSPS) is 24.6. The number of hydrogen-bond acceptors (Lipinski definition) is 5. The fourth-order valence-electron chi connectivity index (χ4n) is 2.18. The summed E-state index contributed by atoms with van der Waals surface area (Å²) in [5, 5.41) is 8.99. The molecule has 0 saturated heterocycles. The first-order chi connectivity index (χ1) is 7.78. The highest BCUT2D eigenvalue weighted by molar-refractivity contribution is 5.70. The van der Waals surface area contributed by atoms with Crippen molar-refractivity contribution in [1.29, 1.82) is 0 Å². The number of hydrogen-bond donors (Lipinski definition) is 2. The second-order valence-electron chi connectivity index (χ2n) is 4.26. The van der Waals surface area contributed by atoms with Crippen LogP contribution in [-0.4, -0.2) is 31.2 Å². The van der Waals surface area contributed by atoms with Crippen LogP contribution < -0.4 is 5.73 Å². The Balaban J connectivity index is 1.96. The van der Waals surface area contributed by atoms with Gasteiger partial charge in [-0.05, 0) is 18.8 Å². The number of anilines is 1. The molecule has 0 spiro atoms. The molecule has 0 aromatic carbocycles. The second-order valence-corrected chi connectivity index (χ2v) is 4.26. The molecule has 0 radical (unpaired) electrons. The maximum atomic E-state index is 8.99. The quantitative estimate of drug-likeness (QED) is 0.760. The zero-order chi connectivity index (χ0) is 11.1. The van der Waals surface area contributed by atoms with Gasteiger partial charge in [0.05, 0.1) is 12.5 Å². The molecule has 2 heterocycles. The van der Waals surface area contributed by atoms with E-state index in [-0.39, 0.29) is 12.6 Å². The number of imidazole rings is 1. The molecule has 1 fully saturated rings. The lowest BCUT2D eigenvalue weighted by molar-refractivity contribution is 0.114.